The number of sulfonamides is 1. The number of amides is 1. The Morgan fingerprint density at radius 3 is 2.67 bits per heavy atom. The lowest BCUT2D eigenvalue weighted by Crippen LogP contribution is -2.25. The van der Waals surface area contributed by atoms with Crippen LogP contribution in [-0.4, -0.2) is 25.6 Å². The molecule has 0 spiro atoms. The highest BCUT2D eigenvalue weighted by atomic mass is 32.2. The zero-order valence-corrected chi connectivity index (χ0v) is 15.2. The molecule has 0 aliphatic rings. The van der Waals surface area contributed by atoms with Crippen molar-refractivity contribution in [3.63, 3.8) is 0 Å². The molecule has 0 aliphatic carbocycles. The molecule has 1 aromatic carbocycles. The quantitative estimate of drug-likeness (QED) is 0.771. The average molecular weight is 365 g/mol. The molecule has 1 amide bonds. The molecule has 1 atom stereocenters. The van der Waals surface area contributed by atoms with E-state index in [1.807, 2.05) is 12.3 Å². The predicted octanol–water partition coefficient (Wildman–Crippen LogP) is 2.71. The van der Waals surface area contributed by atoms with Gasteiger partial charge in [0.1, 0.15) is 0 Å². The van der Waals surface area contributed by atoms with Crippen molar-refractivity contribution in [3.05, 3.63) is 52.0 Å². The van der Waals surface area contributed by atoms with E-state index in [0.29, 0.717) is 11.3 Å². The number of carbonyl (C=O) groups excluding carboxylic acids is 1. The lowest BCUT2D eigenvalue weighted by molar-refractivity contribution is -0.117. The van der Waals surface area contributed by atoms with E-state index in [2.05, 4.69) is 15.0 Å². The molecule has 0 saturated carbocycles. The molecule has 0 aliphatic heterocycles. The zero-order valence-electron chi connectivity index (χ0n) is 13.6. The fourth-order valence-electron chi connectivity index (χ4n) is 2.12. The number of nitrogens with one attached hydrogen (secondary N) is 2. The molecule has 2 N–H and O–H groups in total. The standard InChI is InChI=1S/C16H19N3O3S2/c1-11(14-6-4-5-7-15(14)19-24(3,21)22)17-16(20)9-8-13-10-23-12(2)18-13/h4-11,19H,1-3H3,(H,17,20)/b9-8+/t11-/m1/s1. The molecule has 1 heterocycles. The minimum absolute atomic E-state index is 0.276. The number of nitrogens with zero attached hydrogens (tertiary/aromatic N) is 1. The topological polar surface area (TPSA) is 88.2 Å². The maximum Gasteiger partial charge on any atom is 0.244 e. The monoisotopic (exact) mass is 365 g/mol. The highest BCUT2D eigenvalue weighted by Gasteiger charge is 2.14. The van der Waals surface area contributed by atoms with Crippen molar-refractivity contribution in [2.45, 2.75) is 19.9 Å². The van der Waals surface area contributed by atoms with Crippen LogP contribution in [0.3, 0.4) is 0 Å². The molecule has 6 nitrogen and oxygen atoms in total. The molecular weight excluding hydrogens is 346 g/mol. The van der Waals surface area contributed by atoms with Crippen LogP contribution in [0, 0.1) is 6.92 Å². The van der Waals surface area contributed by atoms with Gasteiger partial charge in [-0.2, -0.15) is 0 Å². The second-order valence-electron chi connectivity index (χ2n) is 5.32. The smallest absolute Gasteiger partial charge is 0.244 e. The Morgan fingerprint density at radius 2 is 2.04 bits per heavy atom. The van der Waals surface area contributed by atoms with E-state index in [1.54, 1.807) is 37.3 Å². The number of benzene rings is 1. The molecule has 0 saturated heterocycles. The van der Waals surface area contributed by atoms with E-state index in [9.17, 15) is 13.2 Å². The summed E-state index contributed by atoms with van der Waals surface area (Å²) in [5.74, 6) is -0.276. The minimum atomic E-state index is -3.39. The van der Waals surface area contributed by atoms with Crippen LogP contribution in [0.15, 0.2) is 35.7 Å². The molecule has 0 unspecified atom stereocenters. The number of carbonyl (C=O) groups is 1. The van der Waals surface area contributed by atoms with Crippen molar-refractivity contribution in [2.75, 3.05) is 11.0 Å². The summed E-state index contributed by atoms with van der Waals surface area (Å²) in [5.41, 5.74) is 1.88. The molecule has 0 radical (unpaired) electrons. The van der Waals surface area contributed by atoms with E-state index in [-0.39, 0.29) is 11.9 Å². The van der Waals surface area contributed by atoms with Gasteiger partial charge >= 0.3 is 0 Å². The van der Waals surface area contributed by atoms with E-state index in [0.717, 1.165) is 17.0 Å². The number of hydrogen-bond donors (Lipinski definition) is 2. The average Bonchev–Trinajstić information content (AvgIpc) is 2.89. The van der Waals surface area contributed by atoms with Gasteiger partial charge in [-0.1, -0.05) is 18.2 Å². The Bertz CT molecular complexity index is 857. The largest absolute Gasteiger partial charge is 0.346 e. The van der Waals surface area contributed by atoms with Gasteiger partial charge in [0.2, 0.25) is 15.9 Å². The van der Waals surface area contributed by atoms with Gasteiger partial charge in [-0.15, -0.1) is 11.3 Å². The number of aromatic nitrogens is 1. The molecule has 8 heteroatoms. The molecule has 2 rings (SSSR count). The van der Waals surface area contributed by atoms with Crippen LogP contribution in [0.5, 0.6) is 0 Å². The third kappa shape index (κ3) is 5.47. The Labute approximate surface area is 145 Å². The summed E-state index contributed by atoms with van der Waals surface area (Å²) in [6, 6.07) is 6.60. The minimum Gasteiger partial charge on any atom is -0.346 e. The van der Waals surface area contributed by atoms with Gasteiger partial charge in [0.15, 0.2) is 0 Å². The van der Waals surface area contributed by atoms with Crippen molar-refractivity contribution >= 4 is 39.0 Å². The molecule has 1 aromatic heterocycles. The van der Waals surface area contributed by atoms with Crippen molar-refractivity contribution in [1.82, 2.24) is 10.3 Å². The number of rotatable bonds is 6. The molecule has 0 fully saturated rings. The first-order valence-electron chi connectivity index (χ1n) is 7.22. The van der Waals surface area contributed by atoms with Crippen LogP contribution < -0.4 is 10.0 Å². The summed E-state index contributed by atoms with van der Waals surface area (Å²) < 4.78 is 25.3. The van der Waals surface area contributed by atoms with Crippen LogP contribution in [0.25, 0.3) is 6.08 Å². The lowest BCUT2D eigenvalue weighted by Gasteiger charge is -2.17. The summed E-state index contributed by atoms with van der Waals surface area (Å²) in [6.45, 7) is 3.69. The second-order valence-corrected chi connectivity index (χ2v) is 8.13. The fourth-order valence-corrected chi connectivity index (χ4v) is 3.29. The van der Waals surface area contributed by atoms with Gasteiger partial charge in [0, 0.05) is 11.5 Å². The number of anilines is 1. The second kappa shape index (κ2) is 7.59. The molecule has 24 heavy (non-hydrogen) atoms. The van der Waals surface area contributed by atoms with E-state index in [4.69, 9.17) is 0 Å². The Hall–Kier alpha value is -2.19. The van der Waals surface area contributed by atoms with Crippen molar-refractivity contribution < 1.29 is 13.2 Å². The Kier molecular flexibility index (Phi) is 5.74. The van der Waals surface area contributed by atoms with E-state index >= 15 is 0 Å². The van der Waals surface area contributed by atoms with Gasteiger partial charge in [0.05, 0.1) is 28.7 Å². The molecule has 0 bridgehead atoms. The predicted molar refractivity (Wildman–Crippen MR) is 97.4 cm³/mol. The number of hydrogen-bond acceptors (Lipinski definition) is 5. The first kappa shape index (κ1) is 18.2. The van der Waals surface area contributed by atoms with Crippen LogP contribution in [0.4, 0.5) is 5.69 Å². The molecule has 2 aromatic rings. The lowest BCUT2D eigenvalue weighted by atomic mass is 10.1. The third-order valence-electron chi connectivity index (χ3n) is 3.12. The number of aryl methyl sites for hydroxylation is 1. The SMILES string of the molecule is Cc1nc(/C=C/C(=O)N[C@H](C)c2ccccc2NS(C)(=O)=O)cs1. The van der Waals surface area contributed by atoms with Crippen molar-refractivity contribution in [3.8, 4) is 0 Å². The Morgan fingerprint density at radius 1 is 1.33 bits per heavy atom. The fraction of sp³-hybridized carbons (Fsp3) is 0.250. The number of thiazole rings is 1. The summed E-state index contributed by atoms with van der Waals surface area (Å²) in [5, 5.41) is 5.62. The zero-order chi connectivity index (χ0) is 17.7. The summed E-state index contributed by atoms with van der Waals surface area (Å²) in [6.07, 6.45) is 4.15. The van der Waals surface area contributed by atoms with Gasteiger partial charge in [-0.05, 0) is 31.6 Å². The highest BCUT2D eigenvalue weighted by Crippen LogP contribution is 2.23. The molecule has 128 valence electrons. The number of para-hydroxylation sites is 1. The van der Waals surface area contributed by atoms with E-state index < -0.39 is 10.0 Å². The maximum absolute atomic E-state index is 12.0. The van der Waals surface area contributed by atoms with Gasteiger partial charge in [-0.25, -0.2) is 13.4 Å². The first-order chi connectivity index (χ1) is 11.2. The summed E-state index contributed by atoms with van der Waals surface area (Å²) in [4.78, 5) is 16.3. The maximum atomic E-state index is 12.0. The van der Waals surface area contributed by atoms with Gasteiger partial charge < -0.3 is 5.32 Å². The van der Waals surface area contributed by atoms with Gasteiger partial charge in [-0.3, -0.25) is 9.52 Å². The van der Waals surface area contributed by atoms with Crippen LogP contribution in [0.1, 0.15) is 29.2 Å². The highest BCUT2D eigenvalue weighted by molar-refractivity contribution is 7.92. The van der Waals surface area contributed by atoms with Crippen LogP contribution in [-0.2, 0) is 14.8 Å². The Balaban J connectivity index is 2.08. The summed E-state index contributed by atoms with van der Waals surface area (Å²) in [7, 11) is -3.39. The molecular formula is C16H19N3O3S2. The third-order valence-corrected chi connectivity index (χ3v) is 4.51. The summed E-state index contributed by atoms with van der Waals surface area (Å²) >= 11 is 1.51. The van der Waals surface area contributed by atoms with Crippen LogP contribution >= 0.6 is 11.3 Å². The van der Waals surface area contributed by atoms with Gasteiger partial charge in [0.25, 0.3) is 0 Å². The van der Waals surface area contributed by atoms with Crippen LogP contribution in [0.2, 0.25) is 0 Å². The van der Waals surface area contributed by atoms with Crippen molar-refractivity contribution in [1.29, 1.82) is 0 Å². The van der Waals surface area contributed by atoms with Crippen molar-refractivity contribution in [2.24, 2.45) is 0 Å². The normalized spacial score (nSPS) is 13.0. The first-order valence-corrected chi connectivity index (χ1v) is 9.99. The van der Waals surface area contributed by atoms with E-state index in [1.165, 1.54) is 17.4 Å².